The SMILES string of the molecule is C=CC(=O)N1CC(CCn2c(=O)ccc3cnc(Nc4ccc(N5CCN(C(O)OC)CC5)cc4)nc32)C1. The molecule has 11 heteroatoms. The maximum Gasteiger partial charge on any atom is 0.252 e. The molecule has 2 fully saturated rings. The van der Waals surface area contributed by atoms with Crippen LogP contribution >= 0.6 is 0 Å². The summed E-state index contributed by atoms with van der Waals surface area (Å²) in [4.78, 5) is 39.4. The van der Waals surface area contributed by atoms with E-state index in [-0.39, 0.29) is 11.5 Å². The number of hydrogen-bond acceptors (Lipinski definition) is 9. The number of nitrogens with one attached hydrogen (secondary N) is 1. The molecule has 200 valence electrons. The van der Waals surface area contributed by atoms with Gasteiger partial charge in [-0.25, -0.2) is 4.98 Å². The number of aliphatic hydroxyl groups excluding tert-OH is 1. The van der Waals surface area contributed by atoms with Crippen LogP contribution in [0, 0.1) is 5.92 Å². The Morgan fingerprint density at radius 1 is 1.18 bits per heavy atom. The summed E-state index contributed by atoms with van der Waals surface area (Å²) in [6.45, 7) is 8.45. The lowest BCUT2D eigenvalue weighted by atomic mass is 9.96. The minimum absolute atomic E-state index is 0.0513. The molecule has 2 aliphatic heterocycles. The van der Waals surface area contributed by atoms with Gasteiger partial charge in [0.15, 0.2) is 0 Å². The molecule has 0 radical (unpaired) electrons. The monoisotopic (exact) mass is 519 g/mol. The number of likely N-dealkylation sites (tertiary alicyclic amines) is 1. The number of amides is 1. The molecule has 38 heavy (non-hydrogen) atoms. The quantitative estimate of drug-likeness (QED) is 0.321. The van der Waals surface area contributed by atoms with E-state index in [0.717, 1.165) is 36.3 Å². The molecule has 5 rings (SSSR count). The highest BCUT2D eigenvalue weighted by Gasteiger charge is 2.29. The molecule has 2 saturated heterocycles. The summed E-state index contributed by atoms with van der Waals surface area (Å²) >= 11 is 0. The number of anilines is 3. The number of pyridine rings is 1. The van der Waals surface area contributed by atoms with Gasteiger partial charge >= 0.3 is 0 Å². The Kier molecular flexibility index (Phi) is 7.68. The smallest absolute Gasteiger partial charge is 0.252 e. The normalized spacial score (nSPS) is 17.3. The number of benzene rings is 1. The number of aryl methyl sites for hydroxylation is 1. The van der Waals surface area contributed by atoms with Crippen molar-refractivity contribution in [2.24, 2.45) is 5.92 Å². The third-order valence-corrected chi connectivity index (χ3v) is 7.25. The highest BCUT2D eigenvalue weighted by molar-refractivity contribution is 5.87. The van der Waals surface area contributed by atoms with Gasteiger partial charge in [0.2, 0.25) is 18.3 Å². The van der Waals surface area contributed by atoms with Crippen molar-refractivity contribution >= 4 is 34.3 Å². The Morgan fingerprint density at radius 2 is 1.92 bits per heavy atom. The first kappa shape index (κ1) is 25.8. The summed E-state index contributed by atoms with van der Waals surface area (Å²) in [7, 11) is 1.50. The fraction of sp³-hybridized carbons (Fsp3) is 0.407. The van der Waals surface area contributed by atoms with Crippen molar-refractivity contribution in [1.82, 2.24) is 24.3 Å². The van der Waals surface area contributed by atoms with Gasteiger partial charge in [-0.15, -0.1) is 0 Å². The van der Waals surface area contributed by atoms with Gasteiger partial charge in [0.05, 0.1) is 0 Å². The van der Waals surface area contributed by atoms with Crippen molar-refractivity contribution in [3.63, 3.8) is 0 Å². The van der Waals surface area contributed by atoms with Gasteiger partial charge in [0, 0.05) is 81.9 Å². The van der Waals surface area contributed by atoms with E-state index in [1.165, 1.54) is 13.2 Å². The van der Waals surface area contributed by atoms with E-state index in [0.29, 0.717) is 50.2 Å². The molecular weight excluding hydrogens is 486 g/mol. The number of nitrogens with zero attached hydrogens (tertiary/aromatic N) is 6. The largest absolute Gasteiger partial charge is 0.369 e. The van der Waals surface area contributed by atoms with E-state index in [1.54, 1.807) is 27.8 Å². The average Bonchev–Trinajstić information content (AvgIpc) is 2.93. The zero-order valence-corrected chi connectivity index (χ0v) is 21.5. The zero-order chi connectivity index (χ0) is 26.6. The van der Waals surface area contributed by atoms with Crippen LogP contribution in [0.4, 0.5) is 17.3 Å². The molecule has 11 nitrogen and oxygen atoms in total. The number of aliphatic hydroxyl groups is 1. The third-order valence-electron chi connectivity index (χ3n) is 7.25. The van der Waals surface area contributed by atoms with Crippen LogP contribution in [0.15, 0.2) is 60.0 Å². The Bertz CT molecular complexity index is 1350. The van der Waals surface area contributed by atoms with E-state index in [4.69, 9.17) is 4.74 Å². The molecule has 1 amide bonds. The van der Waals surface area contributed by atoms with Crippen LogP contribution in [-0.2, 0) is 16.1 Å². The van der Waals surface area contributed by atoms with E-state index >= 15 is 0 Å². The Hall–Kier alpha value is -3.80. The molecule has 2 N–H and O–H groups in total. The summed E-state index contributed by atoms with van der Waals surface area (Å²) < 4.78 is 6.68. The van der Waals surface area contributed by atoms with E-state index in [2.05, 4.69) is 26.8 Å². The first-order chi connectivity index (χ1) is 18.4. The predicted molar refractivity (Wildman–Crippen MR) is 145 cm³/mol. The number of methoxy groups -OCH3 is 1. The highest BCUT2D eigenvalue weighted by atomic mass is 16.6. The van der Waals surface area contributed by atoms with Crippen LogP contribution in [0.25, 0.3) is 11.0 Å². The van der Waals surface area contributed by atoms with E-state index in [1.807, 2.05) is 29.2 Å². The second-order valence-electron chi connectivity index (χ2n) is 9.65. The molecule has 1 unspecified atom stereocenters. The van der Waals surface area contributed by atoms with Gasteiger partial charge in [-0.05, 0) is 48.7 Å². The van der Waals surface area contributed by atoms with Crippen LogP contribution in [0.1, 0.15) is 6.42 Å². The molecule has 3 aromatic rings. The van der Waals surface area contributed by atoms with E-state index < -0.39 is 6.41 Å². The first-order valence-corrected chi connectivity index (χ1v) is 12.8. The molecular formula is C27H33N7O4. The summed E-state index contributed by atoms with van der Waals surface area (Å²) in [5.41, 5.74) is 2.41. The van der Waals surface area contributed by atoms with Crippen molar-refractivity contribution in [2.45, 2.75) is 19.4 Å². The summed E-state index contributed by atoms with van der Waals surface area (Å²) in [6, 6.07) is 11.3. The van der Waals surface area contributed by atoms with Gasteiger partial charge in [0.1, 0.15) is 5.65 Å². The number of aromatic nitrogens is 3. The minimum atomic E-state index is -0.862. The molecule has 0 aliphatic carbocycles. The fourth-order valence-electron chi connectivity index (χ4n) is 4.96. The van der Waals surface area contributed by atoms with Crippen LogP contribution in [0.5, 0.6) is 0 Å². The summed E-state index contributed by atoms with van der Waals surface area (Å²) in [6.07, 6.45) is 2.98. The lowest BCUT2D eigenvalue weighted by Gasteiger charge is -2.38. The Labute approximate surface area is 221 Å². The third kappa shape index (κ3) is 5.54. The number of carbonyl (C=O) groups excluding carboxylic acids is 1. The maximum atomic E-state index is 12.7. The molecule has 2 aliphatic rings. The first-order valence-electron chi connectivity index (χ1n) is 12.8. The molecule has 0 saturated carbocycles. The molecule has 0 spiro atoms. The lowest BCUT2D eigenvalue weighted by Crippen LogP contribution is -2.50. The topological polar surface area (TPSA) is 116 Å². The van der Waals surface area contributed by atoms with Crippen LogP contribution in [0.2, 0.25) is 0 Å². The van der Waals surface area contributed by atoms with Crippen LogP contribution < -0.4 is 15.8 Å². The average molecular weight is 520 g/mol. The van der Waals surface area contributed by atoms with Crippen molar-refractivity contribution < 1.29 is 14.6 Å². The van der Waals surface area contributed by atoms with Gasteiger partial charge in [-0.2, -0.15) is 4.98 Å². The molecule has 1 atom stereocenters. The molecule has 2 aromatic heterocycles. The molecule has 4 heterocycles. The zero-order valence-electron chi connectivity index (χ0n) is 21.5. The molecule has 1 aromatic carbocycles. The Morgan fingerprint density at radius 3 is 2.61 bits per heavy atom. The van der Waals surface area contributed by atoms with Gasteiger partial charge in [-0.1, -0.05) is 6.58 Å². The number of fused-ring (bicyclic) bond motifs is 1. The number of rotatable bonds is 9. The van der Waals surface area contributed by atoms with Crippen molar-refractivity contribution in [2.75, 3.05) is 56.6 Å². The second-order valence-corrected chi connectivity index (χ2v) is 9.65. The fourth-order valence-corrected chi connectivity index (χ4v) is 4.96. The highest BCUT2D eigenvalue weighted by Crippen LogP contribution is 2.23. The van der Waals surface area contributed by atoms with Crippen LogP contribution in [0.3, 0.4) is 0 Å². The maximum absolute atomic E-state index is 12.7. The number of carbonyl (C=O) groups is 1. The molecule has 0 bridgehead atoms. The lowest BCUT2D eigenvalue weighted by molar-refractivity contribution is -0.177. The van der Waals surface area contributed by atoms with Gasteiger partial charge in [0.25, 0.3) is 5.56 Å². The van der Waals surface area contributed by atoms with Crippen LogP contribution in [-0.4, -0.2) is 88.1 Å². The predicted octanol–water partition coefficient (Wildman–Crippen LogP) is 1.61. The number of hydrogen-bond donors (Lipinski definition) is 2. The standard InChI is InChI=1S/C27H33N7O4/c1-3-23(35)33-17-19(18-33)10-11-34-24(36)9-4-20-16-28-26(30-25(20)34)29-21-5-7-22(8-6-21)31-12-14-32(15-13-31)27(37)38-2/h3-9,16,19,27,37H,1,10-15,17-18H2,2H3,(H,28,29,30). The van der Waals surface area contributed by atoms with E-state index in [9.17, 15) is 14.7 Å². The summed E-state index contributed by atoms with van der Waals surface area (Å²) in [5, 5.41) is 13.9. The Balaban J connectivity index is 1.23. The van der Waals surface area contributed by atoms with Crippen molar-refractivity contribution in [3.05, 3.63) is 65.6 Å². The minimum Gasteiger partial charge on any atom is -0.369 e. The summed E-state index contributed by atoms with van der Waals surface area (Å²) in [5.74, 6) is 0.717. The van der Waals surface area contributed by atoms with Gasteiger partial charge in [-0.3, -0.25) is 19.1 Å². The second kappa shape index (κ2) is 11.3. The van der Waals surface area contributed by atoms with Gasteiger partial charge < -0.3 is 25.0 Å². The number of piperazine rings is 1. The number of ether oxygens (including phenoxy) is 1. The van der Waals surface area contributed by atoms with Crippen molar-refractivity contribution in [1.29, 1.82) is 0 Å². The van der Waals surface area contributed by atoms with Crippen molar-refractivity contribution in [3.8, 4) is 0 Å².